The van der Waals surface area contributed by atoms with E-state index in [4.69, 9.17) is 28.4 Å². The number of ether oxygens (including phenoxy) is 6. The Balaban J connectivity index is 1.48. The lowest BCUT2D eigenvalue weighted by Crippen LogP contribution is -2.70. The molecular weight excluding hydrogens is 1220 g/mol. The average Bonchev–Trinajstić information content (AvgIpc) is 0.758. The number of rotatable bonds is 57. The third kappa shape index (κ3) is 33.1. The molecule has 3 rings (SSSR count). The average molecular weight is 1350 g/mol. The van der Waals surface area contributed by atoms with Crippen molar-refractivity contribution >= 4 is 17.8 Å². The summed E-state index contributed by atoms with van der Waals surface area (Å²) in [6.07, 6.45) is 22.9. The number of hydrogen-bond acceptors (Lipinski definition) is 20. The summed E-state index contributed by atoms with van der Waals surface area (Å²) in [5.41, 5.74) is 0. The Hall–Kier alpha value is -2.53. The molecule has 552 valence electrons. The number of allylic oxidation sites excluding steroid dienone is 1. The van der Waals surface area contributed by atoms with E-state index in [-0.39, 0.29) is 12.3 Å². The second kappa shape index (κ2) is 51.6. The van der Waals surface area contributed by atoms with E-state index in [0.29, 0.717) is 12.8 Å². The molecule has 3 heterocycles. The second-order valence-corrected chi connectivity index (χ2v) is 27.2. The highest BCUT2D eigenvalue weighted by molar-refractivity contribution is 5.77. The summed E-state index contributed by atoms with van der Waals surface area (Å²) in [4.78, 5) is 38.5. The van der Waals surface area contributed by atoms with Gasteiger partial charge in [-0.05, 0) is 19.3 Å². The number of carbonyl (C=O) groups excluding carboxylic acids is 2. The summed E-state index contributed by atoms with van der Waals surface area (Å²) in [6.45, 7) is 2.14. The van der Waals surface area contributed by atoms with Gasteiger partial charge in [0.15, 0.2) is 12.6 Å². The van der Waals surface area contributed by atoms with Crippen LogP contribution < -0.4 is 10.6 Å². The van der Waals surface area contributed by atoms with E-state index in [2.05, 4.69) is 24.5 Å². The van der Waals surface area contributed by atoms with Gasteiger partial charge in [0, 0.05) is 19.8 Å². The number of nitrogens with one attached hydrogen (secondary N) is 2. The fourth-order valence-electron chi connectivity index (χ4n) is 13.1. The molecule has 3 saturated heterocycles. The number of hydrogen-bond donors (Lipinski definition) is 14. The van der Waals surface area contributed by atoms with Gasteiger partial charge in [-0.1, -0.05) is 257 Å². The normalized spacial score (nSPS) is 27.9. The van der Waals surface area contributed by atoms with E-state index in [1.54, 1.807) is 6.08 Å². The summed E-state index contributed by atoms with van der Waals surface area (Å²) < 4.78 is 34.8. The Kier molecular flexibility index (Phi) is 47.0. The number of amides is 2. The van der Waals surface area contributed by atoms with Crippen molar-refractivity contribution in [2.24, 2.45) is 0 Å². The number of unbranched alkanes of at least 4 members (excludes halogenated alkanes) is 37. The third-order valence-corrected chi connectivity index (χ3v) is 19.0. The zero-order valence-electron chi connectivity index (χ0n) is 57.8. The maximum atomic E-state index is 13.5. The van der Waals surface area contributed by atoms with Gasteiger partial charge in [0.25, 0.3) is 5.79 Å². The van der Waals surface area contributed by atoms with Gasteiger partial charge in [-0.15, -0.1) is 0 Å². The highest BCUT2D eigenvalue weighted by Gasteiger charge is 2.60. The molecule has 3 fully saturated rings. The molecule has 23 heteroatoms. The van der Waals surface area contributed by atoms with E-state index < -0.39 is 155 Å². The highest BCUT2D eigenvalue weighted by atomic mass is 16.8. The zero-order chi connectivity index (χ0) is 68.9. The van der Waals surface area contributed by atoms with Gasteiger partial charge < -0.3 is 100 Å². The van der Waals surface area contributed by atoms with Crippen molar-refractivity contribution in [2.75, 3.05) is 26.4 Å². The summed E-state index contributed by atoms with van der Waals surface area (Å²) in [5.74, 6) is -6.13. The topological polar surface area (TPSA) is 373 Å². The summed E-state index contributed by atoms with van der Waals surface area (Å²) in [6, 6.07) is -2.61. The number of aliphatic hydroxyl groups is 11. The van der Waals surface area contributed by atoms with Crippen LogP contribution in [0.4, 0.5) is 0 Å². The van der Waals surface area contributed by atoms with Crippen molar-refractivity contribution in [3.05, 3.63) is 12.2 Å². The van der Waals surface area contributed by atoms with E-state index in [1.165, 1.54) is 193 Å². The first kappa shape index (κ1) is 85.7. The molecule has 94 heavy (non-hydrogen) atoms. The van der Waals surface area contributed by atoms with Gasteiger partial charge in [-0.25, -0.2) is 4.79 Å². The van der Waals surface area contributed by atoms with Gasteiger partial charge in [-0.3, -0.25) is 9.59 Å². The summed E-state index contributed by atoms with van der Waals surface area (Å²) >= 11 is 0. The fourth-order valence-corrected chi connectivity index (χ4v) is 13.1. The molecule has 0 radical (unpaired) electrons. The van der Waals surface area contributed by atoms with Gasteiger partial charge in [0.05, 0.1) is 50.7 Å². The van der Waals surface area contributed by atoms with Gasteiger partial charge in [-0.2, -0.15) is 0 Å². The number of aliphatic carboxylic acids is 1. The van der Waals surface area contributed by atoms with E-state index >= 15 is 0 Å². The number of carbonyl (C=O) groups is 3. The van der Waals surface area contributed by atoms with Crippen molar-refractivity contribution in [2.45, 2.75) is 394 Å². The first-order valence-corrected chi connectivity index (χ1v) is 37.1. The van der Waals surface area contributed by atoms with Crippen molar-refractivity contribution in [1.29, 1.82) is 0 Å². The minimum Gasteiger partial charge on any atom is -0.477 e. The molecule has 0 spiro atoms. The molecule has 2 amide bonds. The van der Waals surface area contributed by atoms with Crippen molar-refractivity contribution < 1.29 is 104 Å². The highest BCUT2D eigenvalue weighted by Crippen LogP contribution is 2.39. The smallest absolute Gasteiger partial charge is 0.364 e. The summed E-state index contributed by atoms with van der Waals surface area (Å²) in [7, 11) is 0. The lowest BCUT2D eigenvalue weighted by Gasteiger charge is -2.50. The van der Waals surface area contributed by atoms with Crippen molar-refractivity contribution in [1.82, 2.24) is 10.6 Å². The van der Waals surface area contributed by atoms with Crippen LogP contribution in [0.5, 0.6) is 0 Å². The Labute approximate surface area is 562 Å². The summed E-state index contributed by atoms with van der Waals surface area (Å²) in [5, 5.41) is 136. The maximum Gasteiger partial charge on any atom is 0.364 e. The zero-order valence-corrected chi connectivity index (χ0v) is 57.8. The molecule has 0 saturated carbocycles. The molecule has 0 bridgehead atoms. The van der Waals surface area contributed by atoms with Crippen LogP contribution in [0.25, 0.3) is 0 Å². The predicted molar refractivity (Wildman–Crippen MR) is 357 cm³/mol. The molecule has 0 aromatic rings. The van der Waals surface area contributed by atoms with E-state index in [1.807, 2.05) is 6.08 Å². The molecular formula is C71H132N2O21. The Bertz CT molecular complexity index is 1940. The molecule has 18 unspecified atom stereocenters. The van der Waals surface area contributed by atoms with Crippen LogP contribution in [-0.2, 0) is 42.8 Å². The van der Waals surface area contributed by atoms with Gasteiger partial charge >= 0.3 is 5.97 Å². The van der Waals surface area contributed by atoms with Crippen LogP contribution in [-0.4, -0.2) is 215 Å². The second-order valence-electron chi connectivity index (χ2n) is 27.2. The molecule has 0 aliphatic carbocycles. The number of carboxylic acid groups (broad SMARTS) is 1. The first-order valence-electron chi connectivity index (χ1n) is 37.1. The standard InChI is InChI=1S/C71H132N2O21/c1-4-6-8-10-12-14-16-17-18-19-20-21-22-23-24-25-26-27-28-29-30-31-32-33-35-37-39-41-43-45-58(81)73-52(53(78)44-42-40-38-36-34-15-13-11-9-7-5-2)50-89-68-63(85)62(84)65(57(49-76)91-68)92-69-64(86)67(61(83)56(48-75)90-69)94-71(70(87)88)46-54(79)59(72-51(3)77)66(93-71)60(82)55(80)47-74/h42,44,52-57,59-69,74-76,78-80,82-86H,4-41,43,45-50H2,1-3H3,(H,72,77)(H,73,81)(H,87,88)/b44-42+. The minimum absolute atomic E-state index is 0.205. The fraction of sp³-hybridized carbons (Fsp3) is 0.930. The maximum absolute atomic E-state index is 13.5. The van der Waals surface area contributed by atoms with Gasteiger partial charge in [0.1, 0.15) is 67.1 Å². The number of carboxylic acids is 1. The van der Waals surface area contributed by atoms with Crippen molar-refractivity contribution in [3.8, 4) is 0 Å². The van der Waals surface area contributed by atoms with Crippen LogP contribution in [0.1, 0.15) is 284 Å². The van der Waals surface area contributed by atoms with E-state index in [0.717, 1.165) is 51.9 Å². The first-order chi connectivity index (χ1) is 45.4. The van der Waals surface area contributed by atoms with E-state index in [9.17, 15) is 75.7 Å². The Morgan fingerprint density at radius 1 is 0.553 bits per heavy atom. The Morgan fingerprint density at radius 2 is 0.989 bits per heavy atom. The van der Waals surface area contributed by atoms with Gasteiger partial charge in [0.2, 0.25) is 11.8 Å². The van der Waals surface area contributed by atoms with Crippen LogP contribution >= 0.6 is 0 Å². The number of aliphatic hydroxyl groups excluding tert-OH is 11. The largest absolute Gasteiger partial charge is 0.477 e. The van der Waals surface area contributed by atoms with Crippen LogP contribution in [0.2, 0.25) is 0 Å². The molecule has 18 atom stereocenters. The predicted octanol–water partition coefficient (Wildman–Crippen LogP) is 7.85. The molecule has 0 aromatic heterocycles. The van der Waals surface area contributed by atoms with Crippen LogP contribution in [0, 0.1) is 0 Å². The third-order valence-electron chi connectivity index (χ3n) is 19.0. The van der Waals surface area contributed by atoms with Crippen LogP contribution in [0.15, 0.2) is 12.2 Å². The molecule has 0 aromatic carbocycles. The van der Waals surface area contributed by atoms with Crippen molar-refractivity contribution in [3.63, 3.8) is 0 Å². The molecule has 23 nitrogen and oxygen atoms in total. The lowest BCUT2D eigenvalue weighted by molar-refractivity contribution is -0.386. The quantitative estimate of drug-likeness (QED) is 0.0203. The Morgan fingerprint density at radius 3 is 1.41 bits per heavy atom. The minimum atomic E-state index is -3.08. The van der Waals surface area contributed by atoms with Crippen LogP contribution in [0.3, 0.4) is 0 Å². The SMILES string of the molecule is CCCCCCCCCCC/C=C/C(O)C(COC1OC(CO)C(OC2OC(CO)C(O)C(OC3(C(=O)O)CC(O)C(NC(C)=O)C(C(O)C(O)CO)O3)C2O)C(O)C1O)NC(=O)CCCCCCCCCCCCCCCCCCCCCCCCCCCCCCC. The molecule has 3 aliphatic rings. The molecule has 14 N–H and O–H groups in total. The lowest BCUT2D eigenvalue weighted by atomic mass is 9.88. The monoisotopic (exact) mass is 1350 g/mol. The molecule has 3 aliphatic heterocycles.